The van der Waals surface area contributed by atoms with E-state index in [1.165, 1.54) is 0 Å². The summed E-state index contributed by atoms with van der Waals surface area (Å²) in [5, 5.41) is 13.4. The predicted molar refractivity (Wildman–Crippen MR) is 69.0 cm³/mol. The van der Waals surface area contributed by atoms with Crippen LogP contribution in [0.5, 0.6) is 0 Å². The monoisotopic (exact) mass is 273 g/mol. The van der Waals surface area contributed by atoms with Gasteiger partial charge in [0.1, 0.15) is 0 Å². The summed E-state index contributed by atoms with van der Waals surface area (Å²) in [6, 6.07) is 1.66. The van der Waals surface area contributed by atoms with Gasteiger partial charge in [0.05, 0.1) is 4.92 Å². The van der Waals surface area contributed by atoms with Crippen molar-refractivity contribution >= 4 is 11.4 Å². The first-order valence-electron chi connectivity index (χ1n) is 5.99. The average molecular weight is 273 g/mol. The maximum atomic E-state index is 13.6. The quantitative estimate of drug-likeness (QED) is 0.617. The molecule has 0 bridgehead atoms. The number of benzene rings is 1. The summed E-state index contributed by atoms with van der Waals surface area (Å²) in [7, 11) is 0. The van der Waals surface area contributed by atoms with Crippen LogP contribution in [0.2, 0.25) is 0 Å². The van der Waals surface area contributed by atoms with E-state index in [2.05, 4.69) is 5.32 Å². The molecule has 0 aliphatic rings. The third kappa shape index (κ3) is 3.37. The second-order valence-corrected chi connectivity index (χ2v) is 4.44. The van der Waals surface area contributed by atoms with Crippen LogP contribution in [0.4, 0.5) is 20.2 Å². The van der Waals surface area contributed by atoms with Gasteiger partial charge in [-0.1, -0.05) is 13.8 Å². The molecule has 0 amide bonds. The van der Waals surface area contributed by atoms with Crippen molar-refractivity contribution < 1.29 is 13.7 Å². The Labute approximate surface area is 109 Å². The number of nitro groups is 1. The molecule has 0 spiro atoms. The van der Waals surface area contributed by atoms with Gasteiger partial charge in [0.25, 0.3) is 5.69 Å². The predicted octanol–water partition coefficient (Wildman–Crippen LogP) is 2.80. The highest BCUT2D eigenvalue weighted by Crippen LogP contribution is 2.29. The lowest BCUT2D eigenvalue weighted by Crippen LogP contribution is -2.45. The van der Waals surface area contributed by atoms with Gasteiger partial charge in [-0.05, 0) is 18.9 Å². The number of anilines is 1. The molecule has 1 aromatic rings. The Hall–Kier alpha value is -1.76. The lowest BCUT2D eigenvalue weighted by atomic mass is 9.94. The molecule has 0 saturated carbocycles. The zero-order valence-electron chi connectivity index (χ0n) is 10.9. The molecule has 0 aromatic heterocycles. The minimum Gasteiger partial charge on any atom is -0.375 e. The minimum atomic E-state index is -1.26. The van der Waals surface area contributed by atoms with Crippen LogP contribution in [0.25, 0.3) is 0 Å². The normalized spacial score (nSPS) is 11.4. The molecule has 0 saturated heterocycles. The highest BCUT2D eigenvalue weighted by molar-refractivity contribution is 5.62. The average Bonchev–Trinajstić information content (AvgIpc) is 2.39. The highest BCUT2D eigenvalue weighted by Gasteiger charge is 2.25. The number of hydrogen-bond donors (Lipinski definition) is 2. The van der Waals surface area contributed by atoms with E-state index in [9.17, 15) is 18.9 Å². The van der Waals surface area contributed by atoms with E-state index in [1.54, 1.807) is 0 Å². The number of hydrogen-bond acceptors (Lipinski definition) is 4. The Bertz CT molecular complexity index is 476. The van der Waals surface area contributed by atoms with Crippen LogP contribution >= 0.6 is 0 Å². The van der Waals surface area contributed by atoms with Gasteiger partial charge in [-0.3, -0.25) is 10.1 Å². The van der Waals surface area contributed by atoms with Crippen LogP contribution in [-0.4, -0.2) is 17.0 Å². The van der Waals surface area contributed by atoms with Gasteiger partial charge in [0, 0.05) is 18.2 Å². The van der Waals surface area contributed by atoms with Crippen molar-refractivity contribution in [2.45, 2.75) is 32.2 Å². The molecule has 0 fully saturated rings. The van der Waals surface area contributed by atoms with Crippen molar-refractivity contribution in [3.63, 3.8) is 0 Å². The third-order valence-electron chi connectivity index (χ3n) is 3.30. The zero-order valence-corrected chi connectivity index (χ0v) is 10.9. The molecule has 3 N–H and O–H groups in total. The second kappa shape index (κ2) is 5.92. The molecule has 0 unspecified atom stereocenters. The number of nitrogens with zero attached hydrogens (tertiary/aromatic N) is 1. The van der Waals surface area contributed by atoms with E-state index in [1.807, 2.05) is 13.8 Å². The maximum absolute atomic E-state index is 13.6. The molecule has 7 heteroatoms. The largest absolute Gasteiger partial charge is 0.375 e. The van der Waals surface area contributed by atoms with E-state index in [4.69, 9.17) is 5.73 Å². The van der Waals surface area contributed by atoms with Crippen LogP contribution in [0.15, 0.2) is 12.1 Å². The molecular formula is C12H17F2N3O2. The SMILES string of the molecule is CCC(N)(CC)CNc1c([N+](=O)[O-])ccc(F)c1F. The summed E-state index contributed by atoms with van der Waals surface area (Å²) >= 11 is 0. The molecule has 1 aromatic carbocycles. The molecule has 0 heterocycles. The van der Waals surface area contributed by atoms with Gasteiger partial charge < -0.3 is 11.1 Å². The van der Waals surface area contributed by atoms with E-state index in [0.29, 0.717) is 12.8 Å². The molecule has 0 atom stereocenters. The highest BCUT2D eigenvalue weighted by atomic mass is 19.2. The topological polar surface area (TPSA) is 81.2 Å². The van der Waals surface area contributed by atoms with Gasteiger partial charge in [-0.25, -0.2) is 8.78 Å². The first-order valence-corrected chi connectivity index (χ1v) is 5.99. The summed E-state index contributed by atoms with van der Waals surface area (Å²) in [6.07, 6.45) is 1.22. The molecule has 106 valence electrons. The Morgan fingerprint density at radius 1 is 1.37 bits per heavy atom. The molecule has 5 nitrogen and oxygen atoms in total. The van der Waals surface area contributed by atoms with Crippen molar-refractivity contribution in [2.75, 3.05) is 11.9 Å². The Morgan fingerprint density at radius 3 is 2.42 bits per heavy atom. The van der Waals surface area contributed by atoms with Crippen molar-refractivity contribution in [1.82, 2.24) is 0 Å². The number of nitrogens with one attached hydrogen (secondary N) is 1. The Morgan fingerprint density at radius 2 is 1.95 bits per heavy atom. The Kier molecular flexibility index (Phi) is 4.77. The van der Waals surface area contributed by atoms with Gasteiger partial charge in [-0.15, -0.1) is 0 Å². The number of halogens is 2. The Balaban J connectivity index is 3.06. The van der Waals surface area contributed by atoms with E-state index < -0.39 is 33.5 Å². The number of nitrogens with two attached hydrogens (primary N) is 1. The summed E-state index contributed by atoms with van der Waals surface area (Å²) < 4.78 is 26.8. The first-order chi connectivity index (χ1) is 8.84. The van der Waals surface area contributed by atoms with Crippen LogP contribution in [0, 0.1) is 21.7 Å². The second-order valence-electron chi connectivity index (χ2n) is 4.44. The fourth-order valence-corrected chi connectivity index (χ4v) is 1.63. The lowest BCUT2D eigenvalue weighted by molar-refractivity contribution is -0.384. The van der Waals surface area contributed by atoms with Crippen LogP contribution < -0.4 is 11.1 Å². The van der Waals surface area contributed by atoms with Crippen LogP contribution in [0.1, 0.15) is 26.7 Å². The van der Waals surface area contributed by atoms with Gasteiger partial charge in [0.15, 0.2) is 17.3 Å². The van der Waals surface area contributed by atoms with Gasteiger partial charge >= 0.3 is 0 Å². The fourth-order valence-electron chi connectivity index (χ4n) is 1.63. The number of nitro benzene ring substituents is 1. The molecule has 0 radical (unpaired) electrons. The smallest absolute Gasteiger partial charge is 0.295 e. The third-order valence-corrected chi connectivity index (χ3v) is 3.30. The van der Waals surface area contributed by atoms with Crippen molar-refractivity contribution in [3.05, 3.63) is 33.9 Å². The van der Waals surface area contributed by atoms with Crippen molar-refractivity contribution in [2.24, 2.45) is 5.73 Å². The summed E-state index contributed by atoms with van der Waals surface area (Å²) in [6.45, 7) is 3.85. The molecule has 1 rings (SSSR count). The summed E-state index contributed by atoms with van der Waals surface area (Å²) in [4.78, 5) is 10.0. The molecular weight excluding hydrogens is 256 g/mol. The van der Waals surface area contributed by atoms with Gasteiger partial charge in [0.2, 0.25) is 0 Å². The minimum absolute atomic E-state index is 0.126. The molecule has 0 aliphatic carbocycles. The summed E-state index contributed by atoms with van der Waals surface area (Å²) in [5.74, 6) is -2.40. The lowest BCUT2D eigenvalue weighted by Gasteiger charge is -2.27. The van der Waals surface area contributed by atoms with Crippen molar-refractivity contribution in [3.8, 4) is 0 Å². The summed E-state index contributed by atoms with van der Waals surface area (Å²) in [5.41, 5.74) is 4.43. The van der Waals surface area contributed by atoms with E-state index in [0.717, 1.165) is 12.1 Å². The zero-order chi connectivity index (χ0) is 14.6. The van der Waals surface area contributed by atoms with Crippen molar-refractivity contribution in [1.29, 1.82) is 0 Å². The first kappa shape index (κ1) is 15.3. The number of rotatable bonds is 6. The van der Waals surface area contributed by atoms with Gasteiger partial charge in [-0.2, -0.15) is 0 Å². The molecule has 19 heavy (non-hydrogen) atoms. The van der Waals surface area contributed by atoms with Crippen LogP contribution in [-0.2, 0) is 0 Å². The molecule has 0 aliphatic heterocycles. The van der Waals surface area contributed by atoms with E-state index in [-0.39, 0.29) is 6.54 Å². The van der Waals surface area contributed by atoms with E-state index >= 15 is 0 Å². The standard InChI is InChI=1S/C12H17F2N3O2/c1-3-12(15,4-2)7-16-11-9(17(18)19)6-5-8(13)10(11)14/h5-6,16H,3-4,7,15H2,1-2H3. The van der Waals surface area contributed by atoms with Crippen LogP contribution in [0.3, 0.4) is 0 Å². The fraction of sp³-hybridized carbons (Fsp3) is 0.500. The maximum Gasteiger partial charge on any atom is 0.295 e.